The number of nitrogens with one attached hydrogen (secondary N) is 1. The van der Waals surface area contributed by atoms with E-state index >= 15 is 0 Å². The Labute approximate surface area is 120 Å². The highest BCUT2D eigenvalue weighted by molar-refractivity contribution is 5.83. The molecule has 0 aliphatic heterocycles. The average Bonchev–Trinajstić information content (AvgIpc) is 2.44. The SMILES string of the molecule is CC(C)NCC(O)C(C)Oc1ccc2ccccc2c1. The Kier molecular flexibility index (Phi) is 4.99. The van der Waals surface area contributed by atoms with Gasteiger partial charge < -0.3 is 15.2 Å². The Balaban J connectivity index is 2.00. The van der Waals surface area contributed by atoms with Gasteiger partial charge in [0.05, 0.1) is 0 Å². The molecular formula is C17H23NO2. The molecule has 0 bridgehead atoms. The maximum absolute atomic E-state index is 10.1. The summed E-state index contributed by atoms with van der Waals surface area (Å²) in [7, 11) is 0. The van der Waals surface area contributed by atoms with Gasteiger partial charge in [0.25, 0.3) is 0 Å². The summed E-state index contributed by atoms with van der Waals surface area (Å²) in [6.07, 6.45) is -0.772. The van der Waals surface area contributed by atoms with Crippen molar-refractivity contribution in [1.82, 2.24) is 5.32 Å². The lowest BCUT2D eigenvalue weighted by Crippen LogP contribution is -2.40. The molecule has 2 N–H and O–H groups in total. The van der Waals surface area contributed by atoms with Gasteiger partial charge in [-0.2, -0.15) is 0 Å². The Morgan fingerprint density at radius 3 is 2.45 bits per heavy atom. The fourth-order valence-electron chi connectivity index (χ4n) is 2.06. The average molecular weight is 273 g/mol. The molecule has 108 valence electrons. The Bertz CT molecular complexity index is 553. The number of hydrogen-bond acceptors (Lipinski definition) is 3. The van der Waals surface area contributed by atoms with Crippen LogP contribution < -0.4 is 10.1 Å². The van der Waals surface area contributed by atoms with Gasteiger partial charge in [0.2, 0.25) is 0 Å². The van der Waals surface area contributed by atoms with Gasteiger partial charge in [-0.1, -0.05) is 44.2 Å². The lowest BCUT2D eigenvalue weighted by Gasteiger charge is -2.22. The van der Waals surface area contributed by atoms with E-state index < -0.39 is 6.10 Å². The van der Waals surface area contributed by atoms with Gasteiger partial charge in [0, 0.05) is 12.6 Å². The second kappa shape index (κ2) is 6.73. The zero-order valence-corrected chi connectivity index (χ0v) is 12.3. The van der Waals surface area contributed by atoms with Crippen molar-refractivity contribution < 1.29 is 9.84 Å². The van der Waals surface area contributed by atoms with Crippen LogP contribution in [0, 0.1) is 0 Å². The molecule has 2 aromatic rings. The summed E-state index contributed by atoms with van der Waals surface area (Å²) in [5.41, 5.74) is 0. The smallest absolute Gasteiger partial charge is 0.123 e. The topological polar surface area (TPSA) is 41.5 Å². The molecule has 0 aliphatic rings. The van der Waals surface area contributed by atoms with E-state index in [1.807, 2.05) is 37.3 Å². The summed E-state index contributed by atoms with van der Waals surface area (Å²) in [5.74, 6) is 0.791. The van der Waals surface area contributed by atoms with Crippen molar-refractivity contribution in [1.29, 1.82) is 0 Å². The van der Waals surface area contributed by atoms with E-state index in [9.17, 15) is 5.11 Å². The largest absolute Gasteiger partial charge is 0.488 e. The third-order valence-electron chi connectivity index (χ3n) is 3.32. The Morgan fingerprint density at radius 1 is 1.05 bits per heavy atom. The van der Waals surface area contributed by atoms with Crippen LogP contribution in [0.25, 0.3) is 10.8 Å². The van der Waals surface area contributed by atoms with Crippen LogP contribution in [0.3, 0.4) is 0 Å². The maximum atomic E-state index is 10.1. The second-order valence-corrected chi connectivity index (χ2v) is 5.46. The molecule has 0 amide bonds. The number of aliphatic hydroxyl groups is 1. The van der Waals surface area contributed by atoms with Crippen molar-refractivity contribution in [3.8, 4) is 5.75 Å². The highest BCUT2D eigenvalue weighted by Crippen LogP contribution is 2.21. The molecule has 2 unspecified atom stereocenters. The van der Waals surface area contributed by atoms with Crippen LogP contribution in [0.2, 0.25) is 0 Å². The first-order chi connectivity index (χ1) is 9.56. The van der Waals surface area contributed by atoms with E-state index in [-0.39, 0.29) is 6.10 Å². The molecule has 2 atom stereocenters. The molecule has 0 spiro atoms. The predicted molar refractivity (Wildman–Crippen MR) is 83.2 cm³/mol. The van der Waals surface area contributed by atoms with Crippen molar-refractivity contribution >= 4 is 10.8 Å². The molecule has 0 aromatic heterocycles. The lowest BCUT2D eigenvalue weighted by atomic mass is 10.1. The maximum Gasteiger partial charge on any atom is 0.123 e. The summed E-state index contributed by atoms with van der Waals surface area (Å²) >= 11 is 0. The van der Waals surface area contributed by atoms with E-state index in [2.05, 4.69) is 31.3 Å². The Morgan fingerprint density at radius 2 is 1.75 bits per heavy atom. The van der Waals surface area contributed by atoms with Gasteiger partial charge in [-0.25, -0.2) is 0 Å². The highest BCUT2D eigenvalue weighted by atomic mass is 16.5. The van der Waals surface area contributed by atoms with Crippen molar-refractivity contribution in [2.45, 2.75) is 39.0 Å². The quantitative estimate of drug-likeness (QED) is 0.850. The van der Waals surface area contributed by atoms with E-state index in [1.165, 1.54) is 5.39 Å². The molecule has 2 rings (SSSR count). The van der Waals surface area contributed by atoms with Gasteiger partial charge in [-0.15, -0.1) is 0 Å². The molecule has 0 saturated carbocycles. The summed E-state index contributed by atoms with van der Waals surface area (Å²) in [6.45, 7) is 6.54. The van der Waals surface area contributed by atoms with Crippen LogP contribution in [0.4, 0.5) is 0 Å². The Hall–Kier alpha value is -1.58. The zero-order chi connectivity index (χ0) is 14.5. The highest BCUT2D eigenvalue weighted by Gasteiger charge is 2.16. The number of hydrogen-bond donors (Lipinski definition) is 2. The third-order valence-corrected chi connectivity index (χ3v) is 3.32. The molecule has 0 heterocycles. The van der Waals surface area contributed by atoms with Crippen LogP contribution in [-0.2, 0) is 0 Å². The number of rotatable bonds is 6. The number of fused-ring (bicyclic) bond motifs is 1. The molecule has 0 saturated heterocycles. The molecule has 20 heavy (non-hydrogen) atoms. The van der Waals surface area contributed by atoms with E-state index in [1.54, 1.807) is 0 Å². The molecule has 3 nitrogen and oxygen atoms in total. The van der Waals surface area contributed by atoms with E-state index in [4.69, 9.17) is 4.74 Å². The summed E-state index contributed by atoms with van der Waals surface area (Å²) < 4.78 is 5.83. The van der Waals surface area contributed by atoms with Crippen LogP contribution in [0.15, 0.2) is 42.5 Å². The first-order valence-corrected chi connectivity index (χ1v) is 7.13. The lowest BCUT2D eigenvalue weighted by molar-refractivity contribution is 0.0465. The van der Waals surface area contributed by atoms with Crippen LogP contribution in [-0.4, -0.2) is 29.9 Å². The van der Waals surface area contributed by atoms with Crippen LogP contribution in [0.5, 0.6) is 5.75 Å². The molecule has 3 heteroatoms. The summed E-state index contributed by atoms with van der Waals surface area (Å²) in [6, 6.07) is 14.5. The zero-order valence-electron chi connectivity index (χ0n) is 12.3. The van der Waals surface area contributed by atoms with Crippen LogP contribution in [0.1, 0.15) is 20.8 Å². The van der Waals surface area contributed by atoms with Gasteiger partial charge in [-0.05, 0) is 29.8 Å². The van der Waals surface area contributed by atoms with Crippen molar-refractivity contribution in [3.63, 3.8) is 0 Å². The molecular weight excluding hydrogens is 250 g/mol. The monoisotopic (exact) mass is 273 g/mol. The summed E-state index contributed by atoms with van der Waals surface area (Å²) in [5, 5.41) is 15.6. The van der Waals surface area contributed by atoms with Crippen LogP contribution >= 0.6 is 0 Å². The minimum atomic E-state index is -0.524. The van der Waals surface area contributed by atoms with Crippen molar-refractivity contribution in [3.05, 3.63) is 42.5 Å². The van der Waals surface area contributed by atoms with Gasteiger partial charge in [0.1, 0.15) is 18.0 Å². The van der Waals surface area contributed by atoms with Crippen molar-refractivity contribution in [2.24, 2.45) is 0 Å². The number of aliphatic hydroxyl groups excluding tert-OH is 1. The molecule has 2 aromatic carbocycles. The molecule has 0 fully saturated rings. The first kappa shape index (κ1) is 14.8. The predicted octanol–water partition coefficient (Wildman–Crippen LogP) is 2.97. The first-order valence-electron chi connectivity index (χ1n) is 7.13. The molecule has 0 radical (unpaired) electrons. The van der Waals surface area contributed by atoms with Crippen molar-refractivity contribution in [2.75, 3.05) is 6.54 Å². The summed E-state index contributed by atoms with van der Waals surface area (Å²) in [4.78, 5) is 0. The van der Waals surface area contributed by atoms with Gasteiger partial charge in [0.15, 0.2) is 0 Å². The van der Waals surface area contributed by atoms with Gasteiger partial charge >= 0.3 is 0 Å². The van der Waals surface area contributed by atoms with E-state index in [0.717, 1.165) is 11.1 Å². The standard InChI is InChI=1S/C17H23NO2/c1-12(2)18-11-17(19)13(3)20-16-9-8-14-6-4-5-7-15(14)10-16/h4-10,12-13,17-19H,11H2,1-3H3. The van der Waals surface area contributed by atoms with Gasteiger partial charge in [-0.3, -0.25) is 0 Å². The fraction of sp³-hybridized carbons (Fsp3) is 0.412. The normalized spacial score (nSPS) is 14.4. The fourth-order valence-corrected chi connectivity index (χ4v) is 2.06. The number of ether oxygens (including phenoxy) is 1. The number of benzene rings is 2. The minimum absolute atomic E-state index is 0.248. The third kappa shape index (κ3) is 3.95. The van der Waals surface area contributed by atoms with E-state index in [0.29, 0.717) is 12.6 Å². The second-order valence-electron chi connectivity index (χ2n) is 5.46. The minimum Gasteiger partial charge on any atom is -0.488 e. The molecule has 0 aliphatic carbocycles.